The van der Waals surface area contributed by atoms with Crippen LogP contribution in [0.25, 0.3) is 0 Å². The smallest absolute Gasteiger partial charge is 0.184 e. The van der Waals surface area contributed by atoms with Crippen molar-refractivity contribution in [1.82, 2.24) is 0 Å². The van der Waals surface area contributed by atoms with Crippen LogP contribution in [-0.4, -0.2) is 13.1 Å². The minimum absolute atomic E-state index is 0.0622. The Morgan fingerprint density at radius 1 is 1.23 bits per heavy atom. The quantitative estimate of drug-likeness (QED) is 0.721. The van der Waals surface area contributed by atoms with Crippen molar-refractivity contribution in [2.75, 3.05) is 4.66 Å². The summed E-state index contributed by atoms with van der Waals surface area (Å²) in [5.41, 5.74) is 1.07. The number of allylic oxidation sites excluding steroid dienone is 2. The van der Waals surface area contributed by atoms with Crippen LogP contribution in [0.4, 0.5) is 0 Å². The van der Waals surface area contributed by atoms with Crippen molar-refractivity contribution < 1.29 is 8.42 Å². The fraction of sp³-hybridized carbons (Fsp3) is 0.778. The van der Waals surface area contributed by atoms with Gasteiger partial charge in [0.15, 0.2) is 9.84 Å². The van der Waals surface area contributed by atoms with Crippen LogP contribution in [-0.2, 0) is 9.84 Å². The molecule has 13 heavy (non-hydrogen) atoms. The van der Waals surface area contributed by atoms with Gasteiger partial charge >= 0.3 is 0 Å². The molecule has 0 N–H and O–H groups in total. The second-order valence-electron chi connectivity index (χ2n) is 3.49. The molecular weight excluding hydrogens is 252 g/mol. The molecule has 0 unspecified atom stereocenters. The van der Waals surface area contributed by atoms with Gasteiger partial charge in [-0.2, -0.15) is 0 Å². The second-order valence-corrected chi connectivity index (χ2v) is 6.80. The molecule has 0 saturated carbocycles. The number of halogens is 1. The van der Waals surface area contributed by atoms with Crippen LogP contribution in [0.15, 0.2) is 10.5 Å². The standard InChI is InChI=1S/C9H15BrO2S/c1-8-5-3-2-4-6-9(8)13(11,12)7-10/h2-7H2,1H3. The summed E-state index contributed by atoms with van der Waals surface area (Å²) in [6.07, 6.45) is 4.98. The first kappa shape index (κ1) is 11.2. The predicted molar refractivity (Wildman–Crippen MR) is 58.5 cm³/mol. The zero-order chi connectivity index (χ0) is 9.90. The van der Waals surface area contributed by atoms with E-state index in [1.807, 2.05) is 6.92 Å². The van der Waals surface area contributed by atoms with Crippen LogP contribution >= 0.6 is 15.9 Å². The van der Waals surface area contributed by atoms with Gasteiger partial charge in [-0.1, -0.05) is 27.9 Å². The first-order valence-corrected chi connectivity index (χ1v) is 7.32. The molecule has 1 rings (SSSR count). The van der Waals surface area contributed by atoms with Crippen LogP contribution in [0.2, 0.25) is 0 Å². The van der Waals surface area contributed by atoms with E-state index in [-0.39, 0.29) is 4.66 Å². The molecule has 0 fully saturated rings. The maximum Gasteiger partial charge on any atom is 0.184 e. The highest BCUT2D eigenvalue weighted by atomic mass is 79.9. The lowest BCUT2D eigenvalue weighted by atomic mass is 10.2. The van der Waals surface area contributed by atoms with Crippen LogP contribution in [0.3, 0.4) is 0 Å². The van der Waals surface area contributed by atoms with Crippen LogP contribution in [0.1, 0.15) is 39.0 Å². The fourth-order valence-corrected chi connectivity index (χ4v) is 3.74. The number of hydrogen-bond donors (Lipinski definition) is 0. The zero-order valence-corrected chi connectivity index (χ0v) is 10.2. The minimum atomic E-state index is -3.00. The summed E-state index contributed by atoms with van der Waals surface area (Å²) in [5.74, 6) is 0. The highest BCUT2D eigenvalue weighted by molar-refractivity contribution is 9.10. The molecule has 0 aromatic rings. The van der Waals surface area contributed by atoms with E-state index in [9.17, 15) is 8.42 Å². The normalized spacial score (nSPS) is 20.2. The maximum atomic E-state index is 11.6. The predicted octanol–water partition coefficient (Wildman–Crippen LogP) is 2.99. The van der Waals surface area contributed by atoms with E-state index in [1.54, 1.807) is 0 Å². The molecule has 0 heterocycles. The average Bonchev–Trinajstić information content (AvgIpc) is 2.30. The Kier molecular flexibility index (Phi) is 3.98. The molecule has 4 heteroatoms. The van der Waals surface area contributed by atoms with E-state index in [4.69, 9.17) is 0 Å². The molecule has 1 aliphatic rings. The summed E-state index contributed by atoms with van der Waals surface area (Å²) in [5, 5.41) is 0. The Balaban J connectivity index is 2.99. The van der Waals surface area contributed by atoms with E-state index < -0.39 is 9.84 Å². The molecule has 0 radical (unpaired) electrons. The van der Waals surface area contributed by atoms with Crippen molar-refractivity contribution in [3.63, 3.8) is 0 Å². The number of rotatable bonds is 2. The molecule has 0 aromatic heterocycles. The van der Waals surface area contributed by atoms with Gasteiger partial charge in [-0.25, -0.2) is 8.42 Å². The van der Waals surface area contributed by atoms with Crippen LogP contribution in [0, 0.1) is 0 Å². The number of alkyl halides is 1. The van der Waals surface area contributed by atoms with Gasteiger partial charge < -0.3 is 0 Å². The Hall–Kier alpha value is 0.170. The summed E-state index contributed by atoms with van der Waals surface area (Å²) >= 11 is 3.04. The molecule has 1 aliphatic carbocycles. The zero-order valence-electron chi connectivity index (χ0n) is 7.85. The lowest BCUT2D eigenvalue weighted by molar-refractivity contribution is 0.603. The van der Waals surface area contributed by atoms with Gasteiger partial charge in [0, 0.05) is 4.91 Å². The van der Waals surface area contributed by atoms with Crippen molar-refractivity contribution in [1.29, 1.82) is 0 Å². The Morgan fingerprint density at radius 2 is 1.85 bits per heavy atom. The molecule has 0 bridgehead atoms. The molecule has 0 saturated heterocycles. The summed E-state index contributed by atoms with van der Waals surface area (Å²) in [6, 6.07) is 0. The molecular formula is C9H15BrO2S. The third-order valence-corrected chi connectivity index (χ3v) is 5.85. The van der Waals surface area contributed by atoms with Gasteiger partial charge in [0.05, 0.1) is 0 Å². The van der Waals surface area contributed by atoms with Crippen LogP contribution in [0.5, 0.6) is 0 Å². The van der Waals surface area contributed by atoms with E-state index in [0.29, 0.717) is 4.91 Å². The molecule has 0 amide bonds. The summed E-state index contributed by atoms with van der Waals surface area (Å²) in [4.78, 5) is 0.682. The molecule has 0 aromatic carbocycles. The Morgan fingerprint density at radius 3 is 2.46 bits per heavy atom. The number of hydrogen-bond acceptors (Lipinski definition) is 2. The van der Waals surface area contributed by atoms with E-state index in [1.165, 1.54) is 0 Å². The van der Waals surface area contributed by atoms with Crippen molar-refractivity contribution in [2.24, 2.45) is 0 Å². The molecule has 0 aliphatic heterocycles. The molecule has 76 valence electrons. The Bertz CT molecular complexity index is 304. The lowest BCUT2D eigenvalue weighted by Gasteiger charge is -2.07. The average molecular weight is 267 g/mol. The Labute approximate surface area is 88.5 Å². The van der Waals surface area contributed by atoms with Gasteiger partial charge in [-0.3, -0.25) is 0 Å². The van der Waals surface area contributed by atoms with Crippen molar-refractivity contribution in [3.8, 4) is 0 Å². The van der Waals surface area contributed by atoms with E-state index in [2.05, 4.69) is 15.9 Å². The van der Waals surface area contributed by atoms with Gasteiger partial charge in [0.1, 0.15) is 4.66 Å². The molecule has 0 spiro atoms. The van der Waals surface area contributed by atoms with E-state index >= 15 is 0 Å². The molecule has 2 nitrogen and oxygen atoms in total. The van der Waals surface area contributed by atoms with Gasteiger partial charge in [-0.15, -0.1) is 0 Å². The van der Waals surface area contributed by atoms with Crippen molar-refractivity contribution >= 4 is 25.8 Å². The fourth-order valence-electron chi connectivity index (χ4n) is 1.69. The highest BCUT2D eigenvalue weighted by Crippen LogP contribution is 2.28. The topological polar surface area (TPSA) is 34.1 Å². The lowest BCUT2D eigenvalue weighted by Crippen LogP contribution is -2.06. The number of sulfone groups is 1. The third kappa shape index (κ3) is 2.81. The largest absolute Gasteiger partial charge is 0.223 e. The summed E-state index contributed by atoms with van der Waals surface area (Å²) in [6.45, 7) is 1.95. The van der Waals surface area contributed by atoms with E-state index in [0.717, 1.165) is 37.7 Å². The van der Waals surface area contributed by atoms with Gasteiger partial charge in [0.25, 0.3) is 0 Å². The van der Waals surface area contributed by atoms with Crippen molar-refractivity contribution in [3.05, 3.63) is 10.5 Å². The van der Waals surface area contributed by atoms with Gasteiger partial charge in [-0.05, 0) is 32.6 Å². The SMILES string of the molecule is CC1=C(S(=O)(=O)CBr)CCCCC1. The highest BCUT2D eigenvalue weighted by Gasteiger charge is 2.20. The van der Waals surface area contributed by atoms with Crippen LogP contribution < -0.4 is 0 Å². The third-order valence-electron chi connectivity index (χ3n) is 2.45. The second kappa shape index (κ2) is 4.60. The summed E-state index contributed by atoms with van der Waals surface area (Å²) < 4.78 is 23.3. The molecule has 0 atom stereocenters. The summed E-state index contributed by atoms with van der Waals surface area (Å²) in [7, 11) is -3.00. The van der Waals surface area contributed by atoms with Gasteiger partial charge in [0.2, 0.25) is 0 Å². The maximum absolute atomic E-state index is 11.6. The first-order chi connectivity index (χ1) is 6.08. The monoisotopic (exact) mass is 266 g/mol. The minimum Gasteiger partial charge on any atom is -0.223 e. The first-order valence-electron chi connectivity index (χ1n) is 4.55. The van der Waals surface area contributed by atoms with Crippen molar-refractivity contribution in [2.45, 2.75) is 39.0 Å².